The average molecular weight is 639 g/mol. The highest BCUT2D eigenvalue weighted by molar-refractivity contribution is 7.88. The van der Waals surface area contributed by atoms with Crippen molar-refractivity contribution in [2.24, 2.45) is 40.9 Å². The first-order chi connectivity index (χ1) is 21.4. The van der Waals surface area contributed by atoms with Gasteiger partial charge in [-0.1, -0.05) is 62.2 Å². The third-order valence-electron chi connectivity index (χ3n) is 13.6. The first-order valence-corrected chi connectivity index (χ1v) is 19.6. The van der Waals surface area contributed by atoms with Gasteiger partial charge < -0.3 is 14.4 Å². The summed E-state index contributed by atoms with van der Waals surface area (Å²) in [4.78, 5) is 15.6. The van der Waals surface area contributed by atoms with Crippen LogP contribution in [0.5, 0.6) is 0 Å². The number of piperidine rings is 1. The minimum absolute atomic E-state index is 0.0537. The van der Waals surface area contributed by atoms with Gasteiger partial charge in [-0.3, -0.25) is 0 Å². The predicted molar refractivity (Wildman–Crippen MR) is 176 cm³/mol. The van der Waals surface area contributed by atoms with E-state index in [0.717, 1.165) is 50.6 Å². The van der Waals surface area contributed by atoms with E-state index in [1.165, 1.54) is 37.5 Å². The fourth-order valence-corrected chi connectivity index (χ4v) is 12.3. The summed E-state index contributed by atoms with van der Waals surface area (Å²) in [6.07, 6.45) is 12.1. The van der Waals surface area contributed by atoms with Crippen molar-refractivity contribution in [3.05, 3.63) is 47.0 Å². The molecule has 1 spiro atoms. The van der Waals surface area contributed by atoms with Crippen LogP contribution in [0.25, 0.3) is 0 Å². The normalized spacial score (nSPS) is 42.9. The summed E-state index contributed by atoms with van der Waals surface area (Å²) in [5.74, 6) is 3.26. The summed E-state index contributed by atoms with van der Waals surface area (Å²) in [5, 5.41) is 0. The van der Waals surface area contributed by atoms with Gasteiger partial charge >= 0.3 is 6.09 Å². The Morgan fingerprint density at radius 1 is 1.09 bits per heavy atom. The van der Waals surface area contributed by atoms with E-state index in [9.17, 15) is 13.2 Å². The molecule has 7 rings (SSSR count). The van der Waals surface area contributed by atoms with E-state index in [0.29, 0.717) is 41.6 Å². The quantitative estimate of drug-likeness (QED) is 0.357. The summed E-state index contributed by atoms with van der Waals surface area (Å²) < 4.78 is 39.9. The summed E-state index contributed by atoms with van der Waals surface area (Å²) in [7, 11) is -3.18. The molecule has 1 N–H and O–H groups in total. The smallest absolute Gasteiger partial charge is 0.410 e. The fourth-order valence-electron chi connectivity index (χ4n) is 11.5. The third-order valence-corrected chi connectivity index (χ3v) is 14.3. The largest absolute Gasteiger partial charge is 0.445 e. The first-order valence-electron chi connectivity index (χ1n) is 17.7. The molecule has 2 heterocycles. The highest BCUT2D eigenvalue weighted by atomic mass is 32.2. The maximum atomic E-state index is 13.6. The number of ether oxygens (including phenoxy) is 2. The van der Waals surface area contributed by atoms with Crippen LogP contribution < -0.4 is 4.72 Å². The molecule has 1 aromatic rings. The zero-order valence-corrected chi connectivity index (χ0v) is 28.8. The lowest BCUT2D eigenvalue weighted by Crippen LogP contribution is -2.54. The van der Waals surface area contributed by atoms with E-state index in [1.807, 2.05) is 35.2 Å². The molecule has 248 valence electrons. The van der Waals surface area contributed by atoms with Crippen molar-refractivity contribution in [3.63, 3.8) is 0 Å². The number of carbonyl (C=O) groups excluding carboxylic acids is 1. The Labute approximate surface area is 270 Å². The molecule has 5 fully saturated rings. The minimum atomic E-state index is -3.18. The van der Waals surface area contributed by atoms with Gasteiger partial charge in [-0.15, -0.1) is 0 Å². The molecule has 1 unspecified atom stereocenters. The summed E-state index contributed by atoms with van der Waals surface area (Å²) in [6, 6.07) is 10.1. The average Bonchev–Trinajstić information content (AvgIpc) is 3.45. The van der Waals surface area contributed by atoms with Crippen LogP contribution in [0.15, 0.2) is 41.5 Å². The maximum Gasteiger partial charge on any atom is 0.410 e. The van der Waals surface area contributed by atoms with Crippen LogP contribution in [0.2, 0.25) is 0 Å². The Hall–Kier alpha value is -1.90. The fraction of sp³-hybridized carbons (Fsp3) is 0.757. The van der Waals surface area contributed by atoms with Gasteiger partial charge in [0, 0.05) is 18.5 Å². The molecule has 8 heteroatoms. The number of allylic oxidation sites excluding steroid dienone is 1. The zero-order valence-electron chi connectivity index (χ0n) is 28.0. The van der Waals surface area contributed by atoms with Crippen molar-refractivity contribution in [1.29, 1.82) is 0 Å². The molecule has 3 saturated carbocycles. The van der Waals surface area contributed by atoms with E-state index in [-0.39, 0.29) is 35.8 Å². The molecule has 7 nitrogen and oxygen atoms in total. The van der Waals surface area contributed by atoms with Crippen molar-refractivity contribution in [2.75, 3.05) is 12.8 Å². The van der Waals surface area contributed by atoms with Gasteiger partial charge in [0.1, 0.15) is 6.61 Å². The van der Waals surface area contributed by atoms with E-state index in [2.05, 4.69) is 32.4 Å². The van der Waals surface area contributed by atoms with Crippen LogP contribution in [-0.2, 0) is 26.1 Å². The van der Waals surface area contributed by atoms with E-state index >= 15 is 0 Å². The lowest BCUT2D eigenvalue weighted by atomic mass is 9.52. The van der Waals surface area contributed by atoms with Crippen LogP contribution in [0, 0.1) is 40.9 Å². The van der Waals surface area contributed by atoms with Crippen molar-refractivity contribution in [3.8, 4) is 0 Å². The monoisotopic (exact) mass is 638 g/mol. The number of hydrogen-bond donors (Lipinski definition) is 1. The molecular weight excluding hydrogens is 584 g/mol. The number of carbonyl (C=O) groups is 1. The molecule has 0 radical (unpaired) electrons. The molecule has 0 bridgehead atoms. The Balaban J connectivity index is 1.08. The van der Waals surface area contributed by atoms with Crippen LogP contribution in [0.4, 0.5) is 4.79 Å². The van der Waals surface area contributed by atoms with Gasteiger partial charge in [-0.2, -0.15) is 0 Å². The molecule has 2 aliphatic heterocycles. The molecule has 11 atom stereocenters. The van der Waals surface area contributed by atoms with Gasteiger partial charge in [0.15, 0.2) is 0 Å². The third kappa shape index (κ3) is 5.69. The number of benzene rings is 1. The van der Waals surface area contributed by atoms with Gasteiger partial charge in [0.25, 0.3) is 0 Å². The predicted octanol–water partition coefficient (Wildman–Crippen LogP) is 7.08. The van der Waals surface area contributed by atoms with Crippen LogP contribution >= 0.6 is 0 Å². The molecule has 1 aromatic carbocycles. The number of likely N-dealkylation sites (tertiary alicyclic amines) is 1. The standard InChI is InChI=1S/C37H54N2O5S/c1-23-17-33-34(39(21-23)35(40)43-22-26-9-7-6-8-10-26)25(3)37(44-33)16-14-29-30-12-11-27-18-28(38-45(5,41)42)13-15-36(27,4)32(30)19-31(29)24(2)20-37/h6-10,23,25,27-30,32-34,38H,11-22H2,1-5H3/t23-,25+,27+,28+,29-,30?,32-,33+,34-,36-,37-/m0/s1. The molecule has 1 amide bonds. The number of nitrogens with zero attached hydrogens (tertiary/aromatic N) is 1. The summed E-state index contributed by atoms with van der Waals surface area (Å²) in [5.41, 5.74) is 4.31. The highest BCUT2D eigenvalue weighted by Crippen LogP contribution is 2.65. The number of amides is 1. The highest BCUT2D eigenvalue weighted by Gasteiger charge is 2.61. The molecule has 2 saturated heterocycles. The molecule has 6 aliphatic rings. The van der Waals surface area contributed by atoms with Crippen molar-refractivity contribution in [1.82, 2.24) is 9.62 Å². The van der Waals surface area contributed by atoms with Crippen molar-refractivity contribution < 1.29 is 22.7 Å². The van der Waals surface area contributed by atoms with Gasteiger partial charge in [0.05, 0.1) is 24.0 Å². The number of sulfonamides is 1. The Bertz CT molecular complexity index is 1430. The Morgan fingerprint density at radius 3 is 2.62 bits per heavy atom. The SMILES string of the molecule is CC1=C2C[C@H]3C(CC[C@@H]4C[C@H](NS(C)(=O)=O)CC[C@@]43C)[C@@H]2CC[C@@]2(C1)O[C@@H]1C[C@H](C)CN(C(=O)OCc3ccccc3)[C@H]1[C@H]2C. The Kier molecular flexibility index (Phi) is 8.21. The summed E-state index contributed by atoms with van der Waals surface area (Å²) in [6.45, 7) is 10.5. The lowest BCUT2D eigenvalue weighted by molar-refractivity contribution is -0.0802. The number of rotatable bonds is 4. The lowest BCUT2D eigenvalue weighted by Gasteiger charge is -2.54. The topological polar surface area (TPSA) is 84.9 Å². The minimum Gasteiger partial charge on any atom is -0.445 e. The van der Waals surface area contributed by atoms with Gasteiger partial charge in [-0.25, -0.2) is 17.9 Å². The second-order valence-electron chi connectivity index (χ2n) is 16.3. The number of nitrogens with one attached hydrogen (secondary N) is 1. The van der Waals surface area contributed by atoms with E-state index in [1.54, 1.807) is 5.57 Å². The molecular formula is C37H54N2O5S. The van der Waals surface area contributed by atoms with E-state index in [4.69, 9.17) is 9.47 Å². The zero-order chi connectivity index (χ0) is 31.7. The first kappa shape index (κ1) is 31.7. The van der Waals surface area contributed by atoms with Crippen molar-refractivity contribution >= 4 is 16.1 Å². The van der Waals surface area contributed by atoms with Crippen LogP contribution in [0.1, 0.15) is 97.5 Å². The summed E-state index contributed by atoms with van der Waals surface area (Å²) >= 11 is 0. The van der Waals surface area contributed by atoms with Crippen molar-refractivity contribution in [2.45, 2.75) is 122 Å². The van der Waals surface area contributed by atoms with Crippen LogP contribution in [-0.4, -0.2) is 56.0 Å². The molecule has 0 aromatic heterocycles. The molecule has 4 aliphatic carbocycles. The van der Waals surface area contributed by atoms with Crippen LogP contribution in [0.3, 0.4) is 0 Å². The Morgan fingerprint density at radius 2 is 1.87 bits per heavy atom. The van der Waals surface area contributed by atoms with Gasteiger partial charge in [-0.05, 0) is 112 Å². The van der Waals surface area contributed by atoms with Gasteiger partial charge in [0.2, 0.25) is 10.0 Å². The maximum absolute atomic E-state index is 13.6. The second kappa shape index (κ2) is 11.7. The van der Waals surface area contributed by atoms with E-state index < -0.39 is 10.0 Å². The number of hydrogen-bond acceptors (Lipinski definition) is 5. The second-order valence-corrected chi connectivity index (χ2v) is 18.1. The number of fused-ring (bicyclic) bond motifs is 6. The molecule has 45 heavy (non-hydrogen) atoms.